The molecule has 95 heavy (non-hydrogen) atoms. The van der Waals surface area contributed by atoms with Gasteiger partial charge in [0.05, 0.1) is 68.0 Å². The van der Waals surface area contributed by atoms with E-state index in [-0.39, 0.29) is 130 Å². The third kappa shape index (κ3) is 8.40. The van der Waals surface area contributed by atoms with Crippen LogP contribution in [0.3, 0.4) is 0 Å². The number of anilines is 8. The van der Waals surface area contributed by atoms with Crippen molar-refractivity contribution >= 4 is 146 Å². The molecule has 4 aliphatic rings. The molecular formula is C66H42CuN24O4. The van der Waals surface area contributed by atoms with Crippen molar-refractivity contribution in [1.82, 2.24) is 79.7 Å². The molecule has 8 aromatic carbocycles. The number of nitrogen functional groups attached to an aromatic ring is 8. The predicted molar refractivity (Wildman–Crippen MR) is 356 cm³/mol. The Kier molecular flexibility index (Phi) is 12.3. The number of H-pyrrole nitrogens is 4. The Morgan fingerprint density at radius 3 is 0.853 bits per heavy atom. The summed E-state index contributed by atoms with van der Waals surface area (Å²) in [4.78, 5) is 96.3. The van der Waals surface area contributed by atoms with E-state index in [1.165, 1.54) is 0 Å². The molecule has 0 aliphatic carbocycles. The van der Waals surface area contributed by atoms with Crippen LogP contribution in [0.5, 0.6) is 0 Å². The summed E-state index contributed by atoms with van der Waals surface area (Å²) < 4.78 is 0. The number of rotatable bonds is 2. The maximum absolute atomic E-state index is 12.6. The quantitative estimate of drug-likeness (QED) is 0.0605. The Bertz CT molecular complexity index is 5840. The van der Waals surface area contributed by atoms with Crippen molar-refractivity contribution < 1.29 is 36.9 Å². The van der Waals surface area contributed by atoms with Crippen LogP contribution in [-0.2, 0) is 17.1 Å². The minimum absolute atomic E-state index is 0. The van der Waals surface area contributed by atoms with E-state index in [1.54, 1.807) is 24.3 Å². The normalized spacial score (nSPS) is 11.8. The Morgan fingerprint density at radius 2 is 0.526 bits per heavy atom. The summed E-state index contributed by atoms with van der Waals surface area (Å²) in [5, 5.41) is 28.9. The van der Waals surface area contributed by atoms with Crippen molar-refractivity contribution in [3.05, 3.63) is 145 Å². The largest absolute Gasteiger partial charge is 2.00 e. The molecule has 0 amide bonds. The molecule has 10 heterocycles. The molecule has 20 N–H and O–H groups in total. The number of carbonyl (C=O) groups is 2. The van der Waals surface area contributed by atoms with E-state index in [9.17, 15) is 19.8 Å². The van der Waals surface area contributed by atoms with E-state index in [4.69, 9.17) is 106 Å². The average Bonchev–Trinajstić information content (AvgIpc) is 1.61. The number of fused-ring (bicyclic) bond motifs is 40. The molecule has 6 aromatic heterocycles. The topological polar surface area (TPSA) is 506 Å². The summed E-state index contributed by atoms with van der Waals surface area (Å²) in [5.74, 6) is -0.701. The summed E-state index contributed by atoms with van der Waals surface area (Å²) >= 11 is 0. The molecule has 18 rings (SSSR count). The molecular weight excluding hydrogens is 1260 g/mol. The van der Waals surface area contributed by atoms with Gasteiger partial charge in [0.2, 0.25) is 0 Å². The number of nitrogens with one attached hydrogen (secondary N) is 4. The average molecular weight is 1300 g/mol. The number of benzene rings is 8. The second kappa shape index (κ2) is 20.7. The first kappa shape index (κ1) is 56.6. The van der Waals surface area contributed by atoms with Gasteiger partial charge in [0.1, 0.15) is 45.2 Å². The fourth-order valence-electron chi connectivity index (χ4n) is 12.6. The molecule has 0 fully saturated rings. The molecule has 14 aromatic rings. The van der Waals surface area contributed by atoms with E-state index in [1.807, 2.05) is 109 Å². The van der Waals surface area contributed by atoms with E-state index in [0.717, 1.165) is 32.7 Å². The number of hydrogen-bond acceptors (Lipinski definition) is 24. The zero-order valence-corrected chi connectivity index (χ0v) is 49.6. The van der Waals surface area contributed by atoms with Gasteiger partial charge in [0, 0.05) is 88.2 Å². The van der Waals surface area contributed by atoms with Crippen molar-refractivity contribution in [2.75, 3.05) is 45.9 Å². The summed E-state index contributed by atoms with van der Waals surface area (Å²) in [7, 11) is 0. The number of nitrogens with two attached hydrogens (primary N) is 8. The summed E-state index contributed by atoms with van der Waals surface area (Å²) in [6.45, 7) is 0. The van der Waals surface area contributed by atoms with Crippen LogP contribution in [-0.4, -0.2) is 91.7 Å². The maximum atomic E-state index is 12.6. The maximum Gasteiger partial charge on any atom is 2.00 e. The van der Waals surface area contributed by atoms with Crippen LogP contribution in [0.2, 0.25) is 0 Å². The van der Waals surface area contributed by atoms with Crippen molar-refractivity contribution in [3.63, 3.8) is 0 Å². The van der Waals surface area contributed by atoms with Gasteiger partial charge in [-0.3, -0.25) is 0 Å². The number of carboxylic acid groups (broad SMARTS) is 2. The van der Waals surface area contributed by atoms with E-state index < -0.39 is 11.9 Å². The Labute approximate surface area is 541 Å². The van der Waals surface area contributed by atoms with Crippen molar-refractivity contribution in [2.45, 2.75) is 0 Å². The molecule has 0 saturated carbocycles. The van der Waals surface area contributed by atoms with Crippen LogP contribution in [0.15, 0.2) is 133 Å². The number of aromatic nitrogens is 16. The third-order valence-electron chi connectivity index (χ3n) is 16.9. The number of aromatic carboxylic acids is 2. The molecule has 16 bridgehead atoms. The van der Waals surface area contributed by atoms with Gasteiger partial charge in [-0.15, -0.1) is 0 Å². The minimum Gasteiger partial charge on any atom is -0.545 e. The Balaban J connectivity index is 0.000000148. The van der Waals surface area contributed by atoms with Gasteiger partial charge in [-0.05, 0) is 12.1 Å². The fraction of sp³-hybridized carbons (Fsp3) is 0. The van der Waals surface area contributed by atoms with Gasteiger partial charge >= 0.3 is 17.1 Å². The van der Waals surface area contributed by atoms with E-state index in [0.29, 0.717) is 90.6 Å². The molecule has 4 aliphatic heterocycles. The minimum atomic E-state index is -1.57. The summed E-state index contributed by atoms with van der Waals surface area (Å²) in [6, 6.07) is 41.1. The van der Waals surface area contributed by atoms with Crippen molar-refractivity contribution in [1.29, 1.82) is 0 Å². The molecule has 28 nitrogen and oxygen atoms in total. The van der Waals surface area contributed by atoms with Crippen LogP contribution in [0.1, 0.15) is 20.7 Å². The van der Waals surface area contributed by atoms with E-state index in [2.05, 4.69) is 19.9 Å². The SMILES string of the molecule is Nc1cccc2c1-c1nc-2nc2[nH]c(nc3nc(nc4[nH]c(n1)c1c(N)c(N)c(N)c(C(=O)[O-])c41)-c1ccccc1-3)c1ccccc21.Nc1cccc2c1-c1nc-2nc2[nH]c(nc3nc(nc4[nH]c(n1)c1c(N)c(N)c(N)c(C(=O)[O-])c41)-c1ccccc1-3)c1ccccc21.[Cu+2]. The third-order valence-corrected chi connectivity index (χ3v) is 16.9. The van der Waals surface area contributed by atoms with Crippen molar-refractivity contribution in [3.8, 4) is 91.1 Å². The van der Waals surface area contributed by atoms with Crippen LogP contribution in [0.4, 0.5) is 45.5 Å². The zero-order chi connectivity index (χ0) is 64.3. The number of aromatic amines is 4. The number of nitrogens with zero attached hydrogens (tertiary/aromatic N) is 12. The van der Waals surface area contributed by atoms with Gasteiger partial charge < -0.3 is 85.6 Å². The van der Waals surface area contributed by atoms with Gasteiger partial charge in [-0.25, -0.2) is 59.8 Å². The molecule has 0 spiro atoms. The van der Waals surface area contributed by atoms with Crippen molar-refractivity contribution in [2.24, 2.45) is 0 Å². The fourth-order valence-corrected chi connectivity index (χ4v) is 12.6. The predicted octanol–water partition coefficient (Wildman–Crippen LogP) is 7.12. The summed E-state index contributed by atoms with van der Waals surface area (Å²) in [5.41, 5.74) is 57.8. The van der Waals surface area contributed by atoms with Crippen LogP contribution < -0.4 is 56.1 Å². The van der Waals surface area contributed by atoms with Gasteiger partial charge in [0.15, 0.2) is 46.6 Å². The first-order valence-electron chi connectivity index (χ1n) is 28.8. The monoisotopic (exact) mass is 1300 g/mol. The smallest absolute Gasteiger partial charge is 0.545 e. The standard InChI is InChI=1S/2C33H22N12O2.Cu/c2*34-17-11-5-10-16-18(17)30-43-29(16)41-27-13-7-2-1-6-12(13)25(39-27)38-26-14-8-3-4-9-15(14)28(40-26)42-31-19-20(32(44-30)45-31)22(35)24(37)23(36)21(19)33(46)47;/h2*1-11H,34-37H2,(H,46,47)(H2,38,39,40,41,42,43,44,45);/q;;+2/p-2. The van der Waals surface area contributed by atoms with Gasteiger partial charge in [-0.2, -0.15) is 0 Å². The number of carbonyl (C=O) groups excluding carboxylic acids is 2. The van der Waals surface area contributed by atoms with Gasteiger partial charge in [0.25, 0.3) is 0 Å². The molecule has 0 unspecified atom stereocenters. The zero-order valence-electron chi connectivity index (χ0n) is 48.6. The van der Waals surface area contributed by atoms with Crippen LogP contribution in [0, 0.1) is 0 Å². The van der Waals surface area contributed by atoms with Crippen LogP contribution >= 0.6 is 0 Å². The molecule has 1 radical (unpaired) electrons. The second-order valence-electron chi connectivity index (χ2n) is 22.2. The molecule has 0 atom stereocenters. The Hall–Kier alpha value is -13.7. The van der Waals surface area contributed by atoms with Crippen LogP contribution in [0.25, 0.3) is 179 Å². The van der Waals surface area contributed by atoms with Gasteiger partial charge in [-0.1, -0.05) is 121 Å². The molecule has 29 heteroatoms. The molecule has 0 saturated heterocycles. The number of hydrogen-bond donors (Lipinski definition) is 12. The number of carboxylic acids is 2. The summed E-state index contributed by atoms with van der Waals surface area (Å²) in [6.07, 6.45) is 0. The Morgan fingerprint density at radius 1 is 0.274 bits per heavy atom. The second-order valence-corrected chi connectivity index (χ2v) is 22.2. The first-order chi connectivity index (χ1) is 45.6. The molecule has 461 valence electrons. The van der Waals surface area contributed by atoms with E-state index >= 15 is 0 Å². The first-order valence-corrected chi connectivity index (χ1v) is 28.8.